The van der Waals surface area contributed by atoms with E-state index in [1.165, 1.54) is 22.3 Å². The molecule has 30 heavy (non-hydrogen) atoms. The lowest BCUT2D eigenvalue weighted by Gasteiger charge is -2.03. The Morgan fingerprint density at radius 3 is 1.27 bits per heavy atom. The molecule has 0 atom stereocenters. The molecule has 0 rings (SSSR count). The van der Waals surface area contributed by atoms with Crippen LogP contribution in [0.4, 0.5) is 0 Å². The molecule has 0 heterocycles. The third kappa shape index (κ3) is 19.9. The standard InChI is InChI=1S/C26H44O3S/c1-22(2)12-8-13-23(3)14-9-15-24(4)16-10-17-25(5)18-11-19-26(6)20-21-29-30(7,27)28/h12,14,16,18,20H,8-11,13,15,17,19,21H2,1-7H3. The average molecular weight is 437 g/mol. The maximum atomic E-state index is 10.9. The van der Waals surface area contributed by atoms with E-state index in [4.69, 9.17) is 4.18 Å². The van der Waals surface area contributed by atoms with Gasteiger partial charge in [0.2, 0.25) is 0 Å². The summed E-state index contributed by atoms with van der Waals surface area (Å²) in [7, 11) is -3.36. The molecule has 0 saturated carbocycles. The lowest BCUT2D eigenvalue weighted by molar-refractivity contribution is 0.360. The van der Waals surface area contributed by atoms with Crippen LogP contribution in [0.5, 0.6) is 0 Å². The van der Waals surface area contributed by atoms with Crippen molar-refractivity contribution in [1.82, 2.24) is 0 Å². The first-order chi connectivity index (χ1) is 14.0. The van der Waals surface area contributed by atoms with Crippen molar-refractivity contribution in [2.45, 2.75) is 92.9 Å². The summed E-state index contributed by atoms with van der Waals surface area (Å²) in [4.78, 5) is 0. The summed E-state index contributed by atoms with van der Waals surface area (Å²) in [5.74, 6) is 0. The van der Waals surface area contributed by atoms with Gasteiger partial charge in [0.15, 0.2) is 0 Å². The SMILES string of the molecule is CC(C)=CCCC(C)=CCCC(C)=CCCC(C)=CCCC(C)=CCOS(C)(=O)=O. The fraction of sp³-hybridized carbons (Fsp3) is 0.615. The molecule has 0 aromatic rings. The van der Waals surface area contributed by atoms with Gasteiger partial charge in [-0.25, -0.2) is 0 Å². The Hall–Kier alpha value is -1.39. The predicted octanol–water partition coefficient (Wildman–Crippen LogP) is 7.83. The number of hydrogen-bond donors (Lipinski definition) is 0. The number of hydrogen-bond acceptors (Lipinski definition) is 3. The lowest BCUT2D eigenvalue weighted by atomic mass is 10.0. The number of allylic oxidation sites excluding steroid dienone is 9. The highest BCUT2D eigenvalue weighted by molar-refractivity contribution is 7.85. The van der Waals surface area contributed by atoms with Crippen molar-refractivity contribution >= 4 is 10.1 Å². The first kappa shape index (κ1) is 28.6. The summed E-state index contributed by atoms with van der Waals surface area (Å²) in [6.07, 6.45) is 20.9. The van der Waals surface area contributed by atoms with E-state index >= 15 is 0 Å². The molecule has 0 aromatic carbocycles. The Bertz CT molecular complexity index is 743. The van der Waals surface area contributed by atoms with Crippen LogP contribution in [-0.2, 0) is 14.3 Å². The molecule has 0 unspecified atom stereocenters. The summed E-state index contributed by atoms with van der Waals surface area (Å²) in [5, 5.41) is 0. The molecule has 0 fully saturated rings. The molecule has 4 heteroatoms. The molecule has 0 saturated heterocycles. The van der Waals surface area contributed by atoms with Gasteiger partial charge in [0.05, 0.1) is 12.9 Å². The van der Waals surface area contributed by atoms with Gasteiger partial charge in [-0.3, -0.25) is 4.18 Å². The van der Waals surface area contributed by atoms with Crippen LogP contribution in [0.15, 0.2) is 58.2 Å². The maximum absolute atomic E-state index is 10.9. The molecular formula is C26H44O3S. The molecule has 0 amide bonds. The van der Waals surface area contributed by atoms with Crippen molar-refractivity contribution in [3.8, 4) is 0 Å². The zero-order valence-corrected chi connectivity index (χ0v) is 21.2. The average Bonchev–Trinajstić information content (AvgIpc) is 2.60. The summed E-state index contributed by atoms with van der Waals surface area (Å²) < 4.78 is 26.6. The second-order valence-corrected chi connectivity index (χ2v) is 10.3. The Balaban J connectivity index is 4.11. The van der Waals surface area contributed by atoms with E-state index in [1.807, 2.05) is 13.0 Å². The molecule has 0 aliphatic carbocycles. The summed E-state index contributed by atoms with van der Waals surface area (Å²) >= 11 is 0. The monoisotopic (exact) mass is 436 g/mol. The summed E-state index contributed by atoms with van der Waals surface area (Å²) in [5.41, 5.74) is 6.93. The minimum Gasteiger partial charge on any atom is -0.266 e. The van der Waals surface area contributed by atoms with Crippen molar-refractivity contribution < 1.29 is 12.6 Å². The molecule has 0 aliphatic rings. The molecule has 0 radical (unpaired) electrons. The van der Waals surface area contributed by atoms with Gasteiger partial charge >= 0.3 is 0 Å². The second-order valence-electron chi connectivity index (χ2n) is 8.63. The first-order valence-corrected chi connectivity index (χ1v) is 12.9. The molecule has 0 N–H and O–H groups in total. The predicted molar refractivity (Wildman–Crippen MR) is 132 cm³/mol. The van der Waals surface area contributed by atoms with Gasteiger partial charge in [-0.1, -0.05) is 58.2 Å². The third-order valence-electron chi connectivity index (χ3n) is 4.90. The third-order valence-corrected chi connectivity index (χ3v) is 5.46. The Kier molecular flexibility index (Phi) is 15.6. The van der Waals surface area contributed by atoms with Crippen molar-refractivity contribution in [2.75, 3.05) is 12.9 Å². The van der Waals surface area contributed by atoms with Crippen LogP contribution >= 0.6 is 0 Å². The van der Waals surface area contributed by atoms with E-state index in [0.717, 1.165) is 63.2 Å². The summed E-state index contributed by atoms with van der Waals surface area (Å²) in [6.45, 7) is 13.1. The normalized spacial score (nSPS) is 14.2. The van der Waals surface area contributed by atoms with Crippen LogP contribution in [0, 0.1) is 0 Å². The van der Waals surface area contributed by atoms with Gasteiger partial charge in [-0.05, 0) is 92.9 Å². The quantitative estimate of drug-likeness (QED) is 0.194. The molecule has 172 valence electrons. The highest BCUT2D eigenvalue weighted by Crippen LogP contribution is 2.14. The van der Waals surface area contributed by atoms with Crippen molar-refractivity contribution in [3.05, 3.63) is 58.2 Å². The molecule has 0 aliphatic heterocycles. The Labute approximate surface area is 186 Å². The zero-order chi connectivity index (χ0) is 23.0. The van der Waals surface area contributed by atoms with Crippen molar-refractivity contribution in [2.24, 2.45) is 0 Å². The van der Waals surface area contributed by atoms with E-state index in [-0.39, 0.29) is 6.61 Å². The van der Waals surface area contributed by atoms with Crippen LogP contribution in [0.1, 0.15) is 92.9 Å². The van der Waals surface area contributed by atoms with Gasteiger partial charge in [0.25, 0.3) is 10.1 Å². The van der Waals surface area contributed by atoms with E-state index in [0.29, 0.717) is 0 Å². The topological polar surface area (TPSA) is 43.4 Å². The van der Waals surface area contributed by atoms with Crippen LogP contribution < -0.4 is 0 Å². The van der Waals surface area contributed by atoms with Gasteiger partial charge in [0, 0.05) is 0 Å². The molecule has 0 bridgehead atoms. The van der Waals surface area contributed by atoms with E-state index in [9.17, 15) is 8.42 Å². The van der Waals surface area contributed by atoms with Crippen molar-refractivity contribution in [3.63, 3.8) is 0 Å². The maximum Gasteiger partial charge on any atom is 0.264 e. The second kappa shape index (κ2) is 16.3. The highest BCUT2D eigenvalue weighted by Gasteiger charge is 1.99. The van der Waals surface area contributed by atoms with Gasteiger partial charge < -0.3 is 0 Å². The van der Waals surface area contributed by atoms with Gasteiger partial charge in [-0.15, -0.1) is 0 Å². The zero-order valence-electron chi connectivity index (χ0n) is 20.4. The van der Waals surface area contributed by atoms with Gasteiger partial charge in [0.1, 0.15) is 0 Å². The molecule has 0 spiro atoms. The molecule has 3 nitrogen and oxygen atoms in total. The van der Waals surface area contributed by atoms with E-state index < -0.39 is 10.1 Å². The van der Waals surface area contributed by atoms with Crippen LogP contribution in [0.2, 0.25) is 0 Å². The van der Waals surface area contributed by atoms with Gasteiger partial charge in [-0.2, -0.15) is 8.42 Å². The van der Waals surface area contributed by atoms with E-state index in [2.05, 4.69) is 58.9 Å². The fourth-order valence-corrected chi connectivity index (χ4v) is 3.25. The minimum atomic E-state index is -3.36. The highest BCUT2D eigenvalue weighted by atomic mass is 32.2. The Morgan fingerprint density at radius 2 is 0.933 bits per heavy atom. The van der Waals surface area contributed by atoms with Crippen LogP contribution in [-0.4, -0.2) is 21.3 Å². The van der Waals surface area contributed by atoms with Crippen molar-refractivity contribution in [1.29, 1.82) is 0 Å². The molecule has 0 aromatic heterocycles. The fourth-order valence-electron chi connectivity index (χ4n) is 2.94. The summed E-state index contributed by atoms with van der Waals surface area (Å²) in [6, 6.07) is 0. The van der Waals surface area contributed by atoms with Crippen LogP contribution in [0.3, 0.4) is 0 Å². The largest absolute Gasteiger partial charge is 0.266 e. The number of rotatable bonds is 15. The lowest BCUT2D eigenvalue weighted by Crippen LogP contribution is -2.02. The smallest absolute Gasteiger partial charge is 0.264 e. The molecular weight excluding hydrogens is 392 g/mol. The van der Waals surface area contributed by atoms with E-state index in [1.54, 1.807) is 0 Å². The minimum absolute atomic E-state index is 0.127. The Morgan fingerprint density at radius 1 is 0.600 bits per heavy atom. The first-order valence-electron chi connectivity index (χ1n) is 11.1. The van der Waals surface area contributed by atoms with Crippen LogP contribution in [0.25, 0.3) is 0 Å².